The van der Waals surface area contributed by atoms with Gasteiger partial charge in [0.05, 0.1) is 6.54 Å². The van der Waals surface area contributed by atoms with Crippen LogP contribution in [0.25, 0.3) is 22.1 Å². The van der Waals surface area contributed by atoms with Gasteiger partial charge in [-0.3, -0.25) is 14.7 Å². The lowest BCUT2D eigenvalue weighted by Crippen LogP contribution is -2.40. The number of nitrogens with zero attached hydrogens (tertiary/aromatic N) is 3. The average molecular weight is 557 g/mol. The molecular weight excluding hydrogens is 520 g/mol. The molecule has 0 bridgehead atoms. The van der Waals surface area contributed by atoms with Crippen LogP contribution < -0.4 is 4.72 Å². The fraction of sp³-hybridized carbons (Fsp3) is 0.406. The molecule has 0 radical (unpaired) electrons. The van der Waals surface area contributed by atoms with Gasteiger partial charge in [0, 0.05) is 33.4 Å². The second kappa shape index (κ2) is 10.8. The molecule has 208 valence electrons. The van der Waals surface area contributed by atoms with Gasteiger partial charge in [-0.1, -0.05) is 61.7 Å². The summed E-state index contributed by atoms with van der Waals surface area (Å²) in [7, 11) is 0. The molecule has 4 aromatic rings. The van der Waals surface area contributed by atoms with Crippen molar-refractivity contribution in [2.75, 3.05) is 4.72 Å². The fourth-order valence-electron chi connectivity index (χ4n) is 5.91. The van der Waals surface area contributed by atoms with Crippen LogP contribution >= 0.6 is 11.9 Å². The normalized spacial score (nSPS) is 16.4. The standard InChI is InChI=1S/C32H36N4O3S/c1-5-6-13-28-33-32(16-9-10-17-32)31(37)36(28)19-23-14-15-25(29-26(23)18-20(2)38-29)24-11-7-8-12-27(24)40-35-30-21(3)22(4)39-34-30/h7-8,11-12,14-15,18H,5-6,9-10,13,16-17,19H2,1-4H3,(H,34,35). The number of carbonyl (C=O) groups excluding carboxylic acids is 1. The molecule has 1 fully saturated rings. The summed E-state index contributed by atoms with van der Waals surface area (Å²) in [6, 6.07) is 14.6. The fourth-order valence-corrected chi connectivity index (χ4v) is 6.75. The molecule has 1 aliphatic carbocycles. The Morgan fingerprint density at radius 3 is 2.62 bits per heavy atom. The van der Waals surface area contributed by atoms with Crippen LogP contribution in [0.15, 0.2) is 61.3 Å². The van der Waals surface area contributed by atoms with E-state index in [9.17, 15) is 4.79 Å². The Balaban J connectivity index is 1.33. The predicted molar refractivity (Wildman–Crippen MR) is 161 cm³/mol. The molecule has 3 heterocycles. The van der Waals surface area contributed by atoms with Crippen molar-refractivity contribution in [1.82, 2.24) is 10.1 Å². The third kappa shape index (κ3) is 4.72. The number of nitrogens with one attached hydrogen (secondary N) is 1. The first-order valence-corrected chi connectivity index (χ1v) is 15.1. The number of rotatable bonds is 9. The zero-order chi connectivity index (χ0) is 27.9. The molecule has 6 rings (SSSR count). The number of amides is 1. The third-order valence-corrected chi connectivity index (χ3v) is 9.17. The molecule has 2 aliphatic rings. The van der Waals surface area contributed by atoms with E-state index in [-0.39, 0.29) is 5.91 Å². The molecule has 1 spiro atoms. The molecule has 40 heavy (non-hydrogen) atoms. The van der Waals surface area contributed by atoms with E-state index in [0.717, 1.165) is 106 Å². The predicted octanol–water partition coefficient (Wildman–Crippen LogP) is 8.38. The highest BCUT2D eigenvalue weighted by Gasteiger charge is 2.49. The van der Waals surface area contributed by atoms with E-state index in [1.165, 1.54) is 11.9 Å². The minimum Gasteiger partial charge on any atom is -0.461 e. The summed E-state index contributed by atoms with van der Waals surface area (Å²) in [5.74, 6) is 3.51. The van der Waals surface area contributed by atoms with Crippen LogP contribution in [0.1, 0.15) is 74.5 Å². The minimum absolute atomic E-state index is 0.180. The van der Waals surface area contributed by atoms with Crippen LogP contribution in [-0.4, -0.2) is 27.3 Å². The van der Waals surface area contributed by atoms with Gasteiger partial charge in [0.2, 0.25) is 0 Å². The number of furan rings is 1. The third-order valence-electron chi connectivity index (χ3n) is 8.30. The van der Waals surface area contributed by atoms with E-state index in [4.69, 9.17) is 13.9 Å². The van der Waals surface area contributed by atoms with Crippen LogP contribution in [0.4, 0.5) is 5.82 Å². The largest absolute Gasteiger partial charge is 0.461 e. The molecule has 1 amide bonds. The van der Waals surface area contributed by atoms with Gasteiger partial charge in [-0.25, -0.2) is 0 Å². The zero-order valence-corrected chi connectivity index (χ0v) is 24.5. The summed E-state index contributed by atoms with van der Waals surface area (Å²) in [4.78, 5) is 21.9. The molecule has 0 unspecified atom stereocenters. The lowest BCUT2D eigenvalue weighted by molar-refractivity contribution is -0.131. The van der Waals surface area contributed by atoms with Gasteiger partial charge in [0.15, 0.2) is 5.82 Å². The van der Waals surface area contributed by atoms with Crippen molar-refractivity contribution < 1.29 is 13.7 Å². The first-order chi connectivity index (χ1) is 19.4. The van der Waals surface area contributed by atoms with Gasteiger partial charge in [0.1, 0.15) is 28.5 Å². The van der Waals surface area contributed by atoms with Crippen LogP contribution in [-0.2, 0) is 11.3 Å². The Morgan fingerprint density at radius 2 is 1.88 bits per heavy atom. The van der Waals surface area contributed by atoms with Crippen molar-refractivity contribution in [2.24, 2.45) is 4.99 Å². The number of fused-ring (bicyclic) bond motifs is 1. The molecule has 1 saturated carbocycles. The molecular formula is C32H36N4O3S. The van der Waals surface area contributed by atoms with Crippen molar-refractivity contribution >= 4 is 40.5 Å². The van der Waals surface area contributed by atoms with Crippen LogP contribution in [0, 0.1) is 20.8 Å². The highest BCUT2D eigenvalue weighted by atomic mass is 32.2. The Morgan fingerprint density at radius 1 is 1.07 bits per heavy atom. The van der Waals surface area contributed by atoms with Gasteiger partial charge in [0.25, 0.3) is 5.91 Å². The summed E-state index contributed by atoms with van der Waals surface area (Å²) in [6.45, 7) is 8.58. The molecule has 0 atom stereocenters. The number of anilines is 1. The number of amidine groups is 1. The topological polar surface area (TPSA) is 83.9 Å². The summed E-state index contributed by atoms with van der Waals surface area (Å²) in [6.07, 6.45) is 6.85. The highest BCUT2D eigenvalue weighted by Crippen LogP contribution is 2.42. The van der Waals surface area contributed by atoms with Crippen molar-refractivity contribution in [3.05, 3.63) is 65.1 Å². The van der Waals surface area contributed by atoms with Crippen molar-refractivity contribution in [3.8, 4) is 11.1 Å². The molecule has 1 aliphatic heterocycles. The number of aryl methyl sites for hydroxylation is 2. The second-order valence-corrected chi connectivity index (χ2v) is 11.9. The highest BCUT2D eigenvalue weighted by molar-refractivity contribution is 8.00. The van der Waals surface area contributed by atoms with E-state index < -0.39 is 5.54 Å². The maximum atomic E-state index is 13.8. The van der Waals surface area contributed by atoms with Gasteiger partial charge in [-0.2, -0.15) is 0 Å². The Hall–Kier alpha value is -3.52. The number of hydrogen-bond acceptors (Lipinski definition) is 7. The van der Waals surface area contributed by atoms with Crippen molar-refractivity contribution in [2.45, 2.75) is 89.6 Å². The minimum atomic E-state index is -0.529. The molecule has 0 saturated heterocycles. The molecule has 1 N–H and O–H groups in total. The molecule has 2 aromatic carbocycles. The molecule has 8 heteroatoms. The van der Waals surface area contributed by atoms with Gasteiger partial charge >= 0.3 is 0 Å². The summed E-state index contributed by atoms with van der Waals surface area (Å²) in [5.41, 5.74) is 4.47. The summed E-state index contributed by atoms with van der Waals surface area (Å²) >= 11 is 1.50. The average Bonchev–Trinajstić information content (AvgIpc) is 3.72. The van der Waals surface area contributed by atoms with E-state index in [2.05, 4.69) is 47.1 Å². The Labute approximate surface area is 239 Å². The lowest BCUT2D eigenvalue weighted by atomic mass is 9.97. The van der Waals surface area contributed by atoms with Crippen molar-refractivity contribution in [3.63, 3.8) is 0 Å². The van der Waals surface area contributed by atoms with E-state index in [0.29, 0.717) is 6.54 Å². The summed E-state index contributed by atoms with van der Waals surface area (Å²) < 4.78 is 15.0. The SMILES string of the molecule is CCCCC1=NC2(CCCC2)C(=O)N1Cc1ccc(-c2ccccc2SNc2noc(C)c2C)c2oc(C)cc12. The quantitative estimate of drug-likeness (QED) is 0.209. The zero-order valence-electron chi connectivity index (χ0n) is 23.7. The smallest absolute Gasteiger partial charge is 0.256 e. The molecule has 7 nitrogen and oxygen atoms in total. The van der Waals surface area contributed by atoms with Gasteiger partial charge in [-0.05, 0) is 69.7 Å². The summed E-state index contributed by atoms with van der Waals surface area (Å²) in [5, 5.41) is 5.18. The van der Waals surface area contributed by atoms with Crippen LogP contribution in [0.5, 0.6) is 0 Å². The van der Waals surface area contributed by atoms with Crippen LogP contribution in [0.3, 0.4) is 0 Å². The lowest BCUT2D eigenvalue weighted by Gasteiger charge is -2.23. The Kier molecular flexibility index (Phi) is 7.21. The number of carbonyl (C=O) groups is 1. The Bertz CT molecular complexity index is 1590. The van der Waals surface area contributed by atoms with E-state index in [1.807, 2.05) is 37.8 Å². The maximum Gasteiger partial charge on any atom is 0.256 e. The number of benzene rings is 2. The number of unbranched alkanes of at least 4 members (excludes halogenated alkanes) is 1. The number of aromatic nitrogens is 1. The van der Waals surface area contributed by atoms with Crippen molar-refractivity contribution in [1.29, 1.82) is 0 Å². The number of aliphatic imine (C=N–C) groups is 1. The maximum absolute atomic E-state index is 13.8. The monoisotopic (exact) mass is 556 g/mol. The van der Waals surface area contributed by atoms with Gasteiger partial charge < -0.3 is 13.7 Å². The van der Waals surface area contributed by atoms with Crippen LogP contribution in [0.2, 0.25) is 0 Å². The van der Waals surface area contributed by atoms with E-state index >= 15 is 0 Å². The first kappa shape index (κ1) is 26.7. The number of hydrogen-bond donors (Lipinski definition) is 1. The second-order valence-electron chi connectivity index (χ2n) is 11.0. The van der Waals surface area contributed by atoms with E-state index in [1.54, 1.807) is 0 Å². The molecule has 2 aromatic heterocycles. The first-order valence-electron chi connectivity index (χ1n) is 14.3. The van der Waals surface area contributed by atoms with Gasteiger partial charge in [-0.15, -0.1) is 0 Å².